The van der Waals surface area contributed by atoms with E-state index in [1.54, 1.807) is 0 Å². The third-order valence-electron chi connectivity index (χ3n) is 3.31. The summed E-state index contributed by atoms with van der Waals surface area (Å²) in [6.45, 7) is 2.26. The van der Waals surface area contributed by atoms with Crippen LogP contribution in [0.1, 0.15) is 57.4 Å². The normalized spacial score (nSPS) is 12.6. The summed E-state index contributed by atoms with van der Waals surface area (Å²) in [6.07, 6.45) is 10.4. The zero-order valence-electron chi connectivity index (χ0n) is 11.6. The molecule has 0 spiro atoms. The second-order valence-electron chi connectivity index (χ2n) is 5.11. The molecule has 0 fully saturated rings. The maximum atomic E-state index is 6.03. The van der Waals surface area contributed by atoms with Gasteiger partial charge in [0.1, 0.15) is 0 Å². The van der Waals surface area contributed by atoms with Gasteiger partial charge in [-0.2, -0.15) is 0 Å². The average Bonchev–Trinajstić information content (AvgIpc) is 2.38. The van der Waals surface area contributed by atoms with Crippen LogP contribution < -0.4 is 0 Å². The topological polar surface area (TPSA) is 0 Å². The molecule has 19 heavy (non-hydrogen) atoms. The number of hydrogen-bond donors (Lipinski definition) is 0. The largest absolute Gasteiger partial charge is 0.0887 e. The zero-order valence-corrected chi connectivity index (χ0v) is 14.7. The van der Waals surface area contributed by atoms with Crippen molar-refractivity contribution in [1.29, 1.82) is 0 Å². The molecule has 1 rings (SSSR count). The Balaban J connectivity index is 2.19. The quantitative estimate of drug-likeness (QED) is 0.324. The molecule has 1 unspecified atom stereocenters. The minimum absolute atomic E-state index is 0.538. The fraction of sp³-hybridized carbons (Fsp3) is 0.625. The smallest absolute Gasteiger partial charge is 0.0595 e. The number of unbranched alkanes of at least 4 members (excludes halogenated alkanes) is 5. The first kappa shape index (κ1) is 17.3. The molecule has 1 aromatic carbocycles. The first-order chi connectivity index (χ1) is 9.13. The predicted molar refractivity (Wildman–Crippen MR) is 90.9 cm³/mol. The van der Waals surface area contributed by atoms with Crippen molar-refractivity contribution < 1.29 is 0 Å². The van der Waals surface area contributed by atoms with E-state index in [1.165, 1.54) is 50.5 Å². The molecule has 0 saturated heterocycles. The van der Waals surface area contributed by atoms with E-state index in [0.717, 1.165) is 6.42 Å². The van der Waals surface area contributed by atoms with Crippen LogP contribution in [0.2, 0.25) is 10.0 Å². The summed E-state index contributed by atoms with van der Waals surface area (Å²) in [5, 5.41) is 1.28. The average molecular weight is 366 g/mol. The number of benzene rings is 1. The Bertz CT molecular complexity index is 366. The predicted octanol–water partition coefficient (Wildman–Crippen LogP) is 7.05. The van der Waals surface area contributed by atoms with Gasteiger partial charge in [-0.3, -0.25) is 0 Å². The fourth-order valence-electron chi connectivity index (χ4n) is 2.17. The summed E-state index contributed by atoms with van der Waals surface area (Å²) < 4.78 is 0. The standard InChI is InChI=1S/C16H23BrCl2/c1-2-3-4-5-6-7-8-14(17)11-13-9-10-15(18)16(19)12-13/h9-10,12,14H,2-8,11H2,1H3. The molecule has 0 saturated carbocycles. The van der Waals surface area contributed by atoms with Gasteiger partial charge < -0.3 is 0 Å². The van der Waals surface area contributed by atoms with E-state index in [4.69, 9.17) is 23.2 Å². The van der Waals surface area contributed by atoms with Crippen LogP contribution in [0, 0.1) is 0 Å². The summed E-state index contributed by atoms with van der Waals surface area (Å²) in [4.78, 5) is 0.538. The van der Waals surface area contributed by atoms with Gasteiger partial charge >= 0.3 is 0 Å². The molecule has 0 radical (unpaired) electrons. The van der Waals surface area contributed by atoms with Crippen LogP contribution in [0.5, 0.6) is 0 Å². The molecule has 3 heteroatoms. The highest BCUT2D eigenvalue weighted by atomic mass is 79.9. The second-order valence-corrected chi connectivity index (χ2v) is 7.22. The van der Waals surface area contributed by atoms with Gasteiger partial charge in [0.2, 0.25) is 0 Å². The van der Waals surface area contributed by atoms with Gasteiger partial charge in [-0.15, -0.1) is 0 Å². The molecule has 0 N–H and O–H groups in total. The first-order valence-corrected chi connectivity index (χ1v) is 8.88. The van der Waals surface area contributed by atoms with E-state index < -0.39 is 0 Å². The lowest BCUT2D eigenvalue weighted by Gasteiger charge is -2.10. The summed E-state index contributed by atoms with van der Waals surface area (Å²) >= 11 is 15.7. The van der Waals surface area contributed by atoms with Crippen molar-refractivity contribution in [3.8, 4) is 0 Å². The molecule has 0 heterocycles. The Labute approximate surface area is 136 Å². The van der Waals surface area contributed by atoms with Crippen LogP contribution in [0.25, 0.3) is 0 Å². The van der Waals surface area contributed by atoms with E-state index in [0.29, 0.717) is 14.9 Å². The summed E-state index contributed by atoms with van der Waals surface area (Å²) in [5.74, 6) is 0. The number of rotatable bonds is 9. The molecule has 0 aliphatic carbocycles. The van der Waals surface area contributed by atoms with Crippen LogP contribution in [0.15, 0.2) is 18.2 Å². The van der Waals surface area contributed by atoms with Crippen molar-refractivity contribution >= 4 is 39.1 Å². The van der Waals surface area contributed by atoms with Crippen molar-refractivity contribution in [1.82, 2.24) is 0 Å². The SMILES string of the molecule is CCCCCCCCC(Br)Cc1ccc(Cl)c(Cl)c1. The van der Waals surface area contributed by atoms with Crippen LogP contribution in [0.3, 0.4) is 0 Å². The fourth-order valence-corrected chi connectivity index (χ4v) is 3.19. The highest BCUT2D eigenvalue weighted by molar-refractivity contribution is 9.09. The zero-order chi connectivity index (χ0) is 14.1. The summed E-state index contributed by atoms with van der Waals surface area (Å²) in [6, 6.07) is 5.91. The maximum absolute atomic E-state index is 6.03. The van der Waals surface area contributed by atoms with Crippen LogP contribution in [-0.4, -0.2) is 4.83 Å². The van der Waals surface area contributed by atoms with Gasteiger partial charge in [0.15, 0.2) is 0 Å². The monoisotopic (exact) mass is 364 g/mol. The summed E-state index contributed by atoms with van der Waals surface area (Å²) in [5.41, 5.74) is 1.25. The summed E-state index contributed by atoms with van der Waals surface area (Å²) in [7, 11) is 0. The lowest BCUT2D eigenvalue weighted by Crippen LogP contribution is -2.02. The molecule has 108 valence electrons. The highest BCUT2D eigenvalue weighted by Crippen LogP contribution is 2.25. The van der Waals surface area contributed by atoms with Crippen molar-refractivity contribution in [3.63, 3.8) is 0 Å². The Hall–Kier alpha value is 0.280. The van der Waals surface area contributed by atoms with E-state index in [9.17, 15) is 0 Å². The van der Waals surface area contributed by atoms with Crippen molar-refractivity contribution in [3.05, 3.63) is 33.8 Å². The van der Waals surface area contributed by atoms with Crippen molar-refractivity contribution in [2.24, 2.45) is 0 Å². The third kappa shape index (κ3) is 7.58. The van der Waals surface area contributed by atoms with Gasteiger partial charge in [-0.05, 0) is 30.5 Å². The first-order valence-electron chi connectivity index (χ1n) is 7.21. The van der Waals surface area contributed by atoms with Gasteiger partial charge in [-0.1, -0.05) is 90.6 Å². The molecule has 0 nitrogen and oxygen atoms in total. The minimum atomic E-state index is 0.538. The van der Waals surface area contributed by atoms with Crippen LogP contribution in [-0.2, 0) is 6.42 Å². The van der Waals surface area contributed by atoms with Gasteiger partial charge in [0, 0.05) is 4.83 Å². The second kappa shape index (κ2) is 10.1. The van der Waals surface area contributed by atoms with Gasteiger partial charge in [0.25, 0.3) is 0 Å². The Morgan fingerprint density at radius 1 is 1.00 bits per heavy atom. The Morgan fingerprint density at radius 2 is 1.68 bits per heavy atom. The lowest BCUT2D eigenvalue weighted by molar-refractivity contribution is 0.583. The molecule has 0 bridgehead atoms. The lowest BCUT2D eigenvalue weighted by atomic mass is 10.0. The van der Waals surface area contributed by atoms with E-state index in [1.807, 2.05) is 12.1 Å². The molecular weight excluding hydrogens is 343 g/mol. The van der Waals surface area contributed by atoms with E-state index >= 15 is 0 Å². The maximum Gasteiger partial charge on any atom is 0.0595 e. The molecule has 0 aliphatic heterocycles. The van der Waals surface area contributed by atoms with Crippen LogP contribution >= 0.6 is 39.1 Å². The molecule has 1 aromatic rings. The van der Waals surface area contributed by atoms with Crippen LogP contribution in [0.4, 0.5) is 0 Å². The Morgan fingerprint density at radius 3 is 2.37 bits per heavy atom. The minimum Gasteiger partial charge on any atom is -0.0887 e. The van der Waals surface area contributed by atoms with Gasteiger partial charge in [0.05, 0.1) is 10.0 Å². The molecule has 1 atom stereocenters. The number of halogens is 3. The third-order valence-corrected chi connectivity index (χ3v) is 4.83. The Kier molecular flexibility index (Phi) is 9.19. The van der Waals surface area contributed by atoms with E-state index in [-0.39, 0.29) is 0 Å². The molecule has 0 aliphatic rings. The molecule has 0 amide bonds. The van der Waals surface area contributed by atoms with Gasteiger partial charge in [-0.25, -0.2) is 0 Å². The molecule has 0 aromatic heterocycles. The van der Waals surface area contributed by atoms with E-state index in [2.05, 4.69) is 28.9 Å². The number of alkyl halides is 1. The highest BCUT2D eigenvalue weighted by Gasteiger charge is 2.07. The van der Waals surface area contributed by atoms with Crippen molar-refractivity contribution in [2.75, 3.05) is 0 Å². The molecular formula is C16H23BrCl2. The van der Waals surface area contributed by atoms with Crippen molar-refractivity contribution in [2.45, 2.75) is 63.1 Å². The number of hydrogen-bond acceptors (Lipinski definition) is 0.